The predicted octanol–water partition coefficient (Wildman–Crippen LogP) is 2.64. The summed E-state index contributed by atoms with van der Waals surface area (Å²) in [6.45, 7) is 0. The highest BCUT2D eigenvalue weighted by molar-refractivity contribution is 5.91. The van der Waals surface area contributed by atoms with Crippen LogP contribution in [0.25, 0.3) is 0 Å². The van der Waals surface area contributed by atoms with Crippen molar-refractivity contribution in [2.45, 2.75) is 31.2 Å². The van der Waals surface area contributed by atoms with Crippen LogP contribution in [0.3, 0.4) is 0 Å². The lowest BCUT2D eigenvalue weighted by Crippen LogP contribution is -2.46. The van der Waals surface area contributed by atoms with Gasteiger partial charge in [0.05, 0.1) is 16.9 Å². The molecule has 0 radical (unpaired) electrons. The number of nitrogens with zero attached hydrogens (tertiary/aromatic N) is 3. The van der Waals surface area contributed by atoms with Crippen molar-refractivity contribution in [2.75, 3.05) is 5.32 Å². The minimum Gasteiger partial charge on any atom is -0.506 e. The van der Waals surface area contributed by atoms with E-state index in [2.05, 4.69) is 20.6 Å². The van der Waals surface area contributed by atoms with Gasteiger partial charge in [0.15, 0.2) is 0 Å². The number of carbonyl (C=O) groups excluding carboxylic acids is 1. The number of aromatic nitrogens is 2. The number of para-hydroxylation sites is 2. The van der Waals surface area contributed by atoms with E-state index < -0.39 is 11.6 Å². The molecule has 2 amide bonds. The molecule has 0 spiro atoms. The van der Waals surface area contributed by atoms with Crippen LogP contribution in [0.15, 0.2) is 36.5 Å². The molecule has 0 aliphatic heterocycles. The van der Waals surface area contributed by atoms with Gasteiger partial charge in [-0.3, -0.25) is 0 Å². The predicted molar refractivity (Wildman–Crippen MR) is 87.2 cm³/mol. The van der Waals surface area contributed by atoms with Crippen LogP contribution in [0.1, 0.15) is 37.2 Å². The summed E-state index contributed by atoms with van der Waals surface area (Å²) in [5, 5.41) is 24.4. The highest BCUT2D eigenvalue weighted by Gasteiger charge is 2.38. The molecule has 0 atom stereocenters. The summed E-state index contributed by atoms with van der Waals surface area (Å²) < 4.78 is 0. The number of anilines is 1. The summed E-state index contributed by atoms with van der Waals surface area (Å²) in [7, 11) is 0. The van der Waals surface area contributed by atoms with Crippen molar-refractivity contribution in [2.24, 2.45) is 0 Å². The second kappa shape index (κ2) is 6.54. The van der Waals surface area contributed by atoms with Crippen molar-refractivity contribution in [1.82, 2.24) is 15.3 Å². The van der Waals surface area contributed by atoms with Crippen LogP contribution in [-0.2, 0) is 5.54 Å². The molecule has 7 heteroatoms. The molecule has 0 bridgehead atoms. The fraction of sp³-hybridized carbons (Fsp3) is 0.294. The van der Waals surface area contributed by atoms with Gasteiger partial charge in [-0.25, -0.2) is 14.8 Å². The Bertz CT molecular complexity index is 794. The number of hydrogen-bond acceptors (Lipinski definition) is 5. The van der Waals surface area contributed by atoms with Crippen LogP contribution in [-0.4, -0.2) is 21.1 Å². The van der Waals surface area contributed by atoms with Gasteiger partial charge in [0, 0.05) is 6.20 Å². The average molecular weight is 323 g/mol. The van der Waals surface area contributed by atoms with E-state index in [0.717, 1.165) is 25.7 Å². The molecule has 1 heterocycles. The Labute approximate surface area is 139 Å². The Morgan fingerprint density at radius 2 is 2.00 bits per heavy atom. The van der Waals surface area contributed by atoms with Gasteiger partial charge in [0.1, 0.15) is 11.8 Å². The molecule has 1 aliphatic carbocycles. The molecule has 3 N–H and O–H groups in total. The third-order valence-corrected chi connectivity index (χ3v) is 4.21. The largest absolute Gasteiger partial charge is 0.506 e. The maximum Gasteiger partial charge on any atom is 0.320 e. The van der Waals surface area contributed by atoms with E-state index in [4.69, 9.17) is 5.26 Å². The SMILES string of the molecule is N#Cc1nccc(C2(NC(=O)Nc3ccccc3O)CCCC2)n1. The Morgan fingerprint density at radius 3 is 2.71 bits per heavy atom. The molecule has 1 aliphatic rings. The first-order chi connectivity index (χ1) is 11.6. The quantitative estimate of drug-likeness (QED) is 0.752. The van der Waals surface area contributed by atoms with Gasteiger partial charge >= 0.3 is 6.03 Å². The van der Waals surface area contributed by atoms with Gasteiger partial charge in [-0.15, -0.1) is 0 Å². The highest BCUT2D eigenvalue weighted by atomic mass is 16.3. The van der Waals surface area contributed by atoms with Gasteiger partial charge in [-0.2, -0.15) is 5.26 Å². The molecule has 2 aromatic rings. The minimum absolute atomic E-state index is 0.00178. The van der Waals surface area contributed by atoms with E-state index in [0.29, 0.717) is 11.4 Å². The second-order valence-electron chi connectivity index (χ2n) is 5.76. The second-order valence-corrected chi connectivity index (χ2v) is 5.76. The first-order valence-corrected chi connectivity index (χ1v) is 7.74. The number of aromatic hydroxyl groups is 1. The Hall–Kier alpha value is -3.14. The molecule has 122 valence electrons. The van der Waals surface area contributed by atoms with Gasteiger partial charge in [0.25, 0.3) is 0 Å². The van der Waals surface area contributed by atoms with Gasteiger partial charge in [-0.1, -0.05) is 25.0 Å². The van der Waals surface area contributed by atoms with Crippen molar-refractivity contribution in [3.63, 3.8) is 0 Å². The van der Waals surface area contributed by atoms with E-state index in [1.807, 2.05) is 6.07 Å². The molecule has 7 nitrogen and oxygen atoms in total. The Morgan fingerprint density at radius 1 is 1.25 bits per heavy atom. The van der Waals surface area contributed by atoms with Gasteiger partial charge in [0.2, 0.25) is 5.82 Å². The van der Waals surface area contributed by atoms with Crippen molar-refractivity contribution in [3.8, 4) is 11.8 Å². The number of hydrogen-bond donors (Lipinski definition) is 3. The number of amides is 2. The van der Waals surface area contributed by atoms with E-state index in [9.17, 15) is 9.90 Å². The van der Waals surface area contributed by atoms with Crippen molar-refractivity contribution < 1.29 is 9.90 Å². The normalized spacial score (nSPS) is 15.5. The summed E-state index contributed by atoms with van der Waals surface area (Å²) in [4.78, 5) is 20.6. The lowest BCUT2D eigenvalue weighted by molar-refractivity contribution is 0.235. The molecule has 0 saturated heterocycles. The number of benzene rings is 1. The van der Waals surface area contributed by atoms with E-state index in [-0.39, 0.29) is 11.6 Å². The maximum atomic E-state index is 12.4. The average Bonchev–Trinajstić information content (AvgIpc) is 3.06. The zero-order chi connectivity index (χ0) is 17.0. The Kier molecular flexibility index (Phi) is 4.29. The molecule has 1 aromatic carbocycles. The summed E-state index contributed by atoms with van der Waals surface area (Å²) in [5.41, 5.74) is 0.353. The smallest absolute Gasteiger partial charge is 0.320 e. The molecular formula is C17H17N5O2. The molecule has 1 fully saturated rings. The first-order valence-electron chi connectivity index (χ1n) is 7.74. The third kappa shape index (κ3) is 3.13. The van der Waals surface area contributed by atoms with Crippen LogP contribution in [0.2, 0.25) is 0 Å². The maximum absolute atomic E-state index is 12.4. The molecule has 0 unspecified atom stereocenters. The van der Waals surface area contributed by atoms with Gasteiger partial charge in [-0.05, 0) is 31.0 Å². The molecule has 3 rings (SSSR count). The number of urea groups is 1. The summed E-state index contributed by atoms with van der Waals surface area (Å²) in [6.07, 6.45) is 4.93. The van der Waals surface area contributed by atoms with Crippen LogP contribution in [0.4, 0.5) is 10.5 Å². The van der Waals surface area contributed by atoms with Crippen molar-refractivity contribution >= 4 is 11.7 Å². The number of phenolic OH excluding ortho intramolecular Hbond substituents is 1. The highest BCUT2D eigenvalue weighted by Crippen LogP contribution is 2.38. The lowest BCUT2D eigenvalue weighted by Gasteiger charge is -2.29. The number of rotatable bonds is 3. The van der Waals surface area contributed by atoms with Gasteiger partial charge < -0.3 is 15.7 Å². The van der Waals surface area contributed by atoms with Crippen LogP contribution in [0, 0.1) is 11.3 Å². The van der Waals surface area contributed by atoms with Crippen LogP contribution in [0.5, 0.6) is 5.75 Å². The number of nitriles is 1. The Balaban J connectivity index is 1.82. The fourth-order valence-electron chi connectivity index (χ4n) is 3.05. The standard InChI is InChI=1S/C17H17N5O2/c18-11-15-19-10-7-14(21-15)17(8-3-4-9-17)22-16(24)20-12-5-1-2-6-13(12)23/h1-2,5-7,10,23H,3-4,8-9H2,(H2,20,22,24). The summed E-state index contributed by atoms with van der Waals surface area (Å²) >= 11 is 0. The summed E-state index contributed by atoms with van der Waals surface area (Å²) in [6, 6.07) is 9.77. The van der Waals surface area contributed by atoms with E-state index in [1.165, 1.54) is 12.3 Å². The van der Waals surface area contributed by atoms with Crippen LogP contribution >= 0.6 is 0 Å². The molecule has 24 heavy (non-hydrogen) atoms. The first kappa shape index (κ1) is 15.7. The topological polar surface area (TPSA) is 111 Å². The van der Waals surface area contributed by atoms with E-state index >= 15 is 0 Å². The minimum atomic E-state index is -0.622. The molecule has 1 aromatic heterocycles. The molecular weight excluding hydrogens is 306 g/mol. The van der Waals surface area contributed by atoms with Crippen molar-refractivity contribution in [3.05, 3.63) is 48.0 Å². The number of carbonyl (C=O) groups is 1. The van der Waals surface area contributed by atoms with Crippen molar-refractivity contribution in [1.29, 1.82) is 5.26 Å². The monoisotopic (exact) mass is 323 g/mol. The van der Waals surface area contributed by atoms with E-state index in [1.54, 1.807) is 24.3 Å². The summed E-state index contributed by atoms with van der Waals surface area (Å²) in [5.74, 6) is 0.0867. The zero-order valence-corrected chi connectivity index (χ0v) is 13.0. The zero-order valence-electron chi connectivity index (χ0n) is 13.0. The number of phenols is 1. The number of nitrogens with one attached hydrogen (secondary N) is 2. The lowest BCUT2D eigenvalue weighted by atomic mass is 9.93. The molecule has 1 saturated carbocycles. The fourth-order valence-corrected chi connectivity index (χ4v) is 3.05. The third-order valence-electron chi connectivity index (χ3n) is 4.21. The van der Waals surface area contributed by atoms with Crippen LogP contribution < -0.4 is 10.6 Å².